The molecule has 0 saturated heterocycles. The molecule has 1 fully saturated rings. The molecule has 3 N–H and O–H groups in total. The Morgan fingerprint density at radius 1 is 1.28 bits per heavy atom. The zero-order valence-electron chi connectivity index (χ0n) is 9.90. The van der Waals surface area contributed by atoms with Crippen molar-refractivity contribution in [3.8, 4) is 11.5 Å². The van der Waals surface area contributed by atoms with Crippen LogP contribution in [0.15, 0.2) is 18.2 Å². The van der Waals surface area contributed by atoms with Gasteiger partial charge in [-0.25, -0.2) is 0 Å². The topological polar surface area (TPSA) is 69.6 Å². The lowest BCUT2D eigenvalue weighted by molar-refractivity contribution is 0.0947. The van der Waals surface area contributed by atoms with Crippen molar-refractivity contribution in [2.45, 2.75) is 24.1 Å². The molecule has 0 spiro atoms. The monoisotopic (exact) mass is 313 g/mol. The molecule has 1 aromatic rings. The Morgan fingerprint density at radius 3 is 2.50 bits per heavy atom. The molecule has 98 valence electrons. The minimum Gasteiger partial charge on any atom is -0.508 e. The summed E-state index contributed by atoms with van der Waals surface area (Å²) in [6, 6.07) is 3.88. The first-order valence-electron chi connectivity index (χ1n) is 6.01. The molecule has 1 aliphatic carbocycles. The first-order valence-corrected chi connectivity index (χ1v) is 6.93. The van der Waals surface area contributed by atoms with Crippen LogP contribution in [-0.2, 0) is 0 Å². The van der Waals surface area contributed by atoms with Crippen LogP contribution in [0.3, 0.4) is 0 Å². The van der Waals surface area contributed by atoms with Crippen LogP contribution in [0, 0.1) is 5.92 Å². The maximum Gasteiger partial charge on any atom is 0.251 e. The number of rotatable bonds is 3. The normalized spacial score (nSPS) is 22.9. The Hall–Kier alpha value is -1.23. The van der Waals surface area contributed by atoms with Gasteiger partial charge in [-0.2, -0.15) is 0 Å². The van der Waals surface area contributed by atoms with Crippen molar-refractivity contribution in [2.75, 3.05) is 6.54 Å². The molecular weight excluding hydrogens is 298 g/mol. The van der Waals surface area contributed by atoms with Gasteiger partial charge in [-0.05, 0) is 30.9 Å². The number of carbonyl (C=O) groups is 1. The van der Waals surface area contributed by atoms with E-state index in [1.807, 2.05) is 0 Å². The Labute approximate surface area is 114 Å². The lowest BCUT2D eigenvalue weighted by Crippen LogP contribution is -2.30. The van der Waals surface area contributed by atoms with E-state index in [0.29, 0.717) is 17.3 Å². The number of phenols is 2. The molecule has 0 aliphatic heterocycles. The maximum atomic E-state index is 11.9. The lowest BCUT2D eigenvalue weighted by Gasteiger charge is -2.14. The van der Waals surface area contributed by atoms with E-state index in [2.05, 4.69) is 21.2 Å². The van der Waals surface area contributed by atoms with E-state index in [-0.39, 0.29) is 23.0 Å². The third-order valence-corrected chi connectivity index (χ3v) is 4.46. The van der Waals surface area contributed by atoms with Crippen molar-refractivity contribution in [2.24, 2.45) is 5.92 Å². The van der Waals surface area contributed by atoms with Crippen molar-refractivity contribution in [3.05, 3.63) is 23.8 Å². The largest absolute Gasteiger partial charge is 0.508 e. The van der Waals surface area contributed by atoms with Crippen molar-refractivity contribution >= 4 is 21.8 Å². The van der Waals surface area contributed by atoms with Gasteiger partial charge in [0, 0.05) is 23.0 Å². The number of aromatic hydroxyl groups is 2. The van der Waals surface area contributed by atoms with Gasteiger partial charge in [0.25, 0.3) is 5.91 Å². The zero-order chi connectivity index (χ0) is 13.1. The fourth-order valence-corrected chi connectivity index (χ4v) is 3.05. The van der Waals surface area contributed by atoms with Crippen molar-refractivity contribution in [1.29, 1.82) is 0 Å². The van der Waals surface area contributed by atoms with E-state index in [4.69, 9.17) is 0 Å². The number of alkyl halides is 1. The summed E-state index contributed by atoms with van der Waals surface area (Å²) in [6.45, 7) is 0.616. The molecule has 2 rings (SSSR count). The van der Waals surface area contributed by atoms with Crippen LogP contribution >= 0.6 is 15.9 Å². The average Bonchev–Trinajstić information content (AvgIpc) is 2.70. The van der Waals surface area contributed by atoms with Crippen molar-refractivity contribution in [1.82, 2.24) is 5.32 Å². The molecule has 0 heterocycles. The lowest BCUT2D eigenvalue weighted by atomic mass is 10.1. The highest BCUT2D eigenvalue weighted by Crippen LogP contribution is 2.31. The van der Waals surface area contributed by atoms with Crippen molar-refractivity contribution in [3.63, 3.8) is 0 Å². The van der Waals surface area contributed by atoms with E-state index < -0.39 is 0 Å². The van der Waals surface area contributed by atoms with Gasteiger partial charge in [0.2, 0.25) is 0 Å². The average molecular weight is 314 g/mol. The van der Waals surface area contributed by atoms with Gasteiger partial charge in [-0.1, -0.05) is 22.4 Å². The predicted molar refractivity (Wildman–Crippen MR) is 72.2 cm³/mol. The number of carbonyl (C=O) groups excluding carboxylic acids is 1. The fraction of sp³-hybridized carbons (Fsp3) is 0.462. The predicted octanol–water partition coefficient (Wildman–Crippen LogP) is 2.39. The molecule has 2 atom stereocenters. The standard InChI is InChI=1S/C13H16BrNO3/c14-12-3-1-2-8(12)7-15-13(18)9-4-10(16)6-11(17)5-9/h4-6,8,12,16-17H,1-3,7H2,(H,15,18). The number of nitrogens with one attached hydrogen (secondary N) is 1. The number of phenolic OH excluding ortho intramolecular Hbond substituents is 2. The fourth-order valence-electron chi connectivity index (χ4n) is 2.27. The molecule has 2 unspecified atom stereocenters. The van der Waals surface area contributed by atoms with E-state index >= 15 is 0 Å². The number of hydrogen-bond donors (Lipinski definition) is 3. The highest BCUT2D eigenvalue weighted by molar-refractivity contribution is 9.09. The molecule has 5 heteroatoms. The second kappa shape index (κ2) is 5.61. The maximum absolute atomic E-state index is 11.9. The van der Waals surface area contributed by atoms with Crippen LogP contribution in [-0.4, -0.2) is 27.5 Å². The number of amides is 1. The summed E-state index contributed by atoms with van der Waals surface area (Å²) in [5, 5.41) is 21.5. The van der Waals surface area contributed by atoms with Gasteiger partial charge < -0.3 is 15.5 Å². The number of halogens is 1. The highest BCUT2D eigenvalue weighted by Gasteiger charge is 2.25. The summed E-state index contributed by atoms with van der Waals surface area (Å²) in [5.41, 5.74) is 0.275. The van der Waals surface area contributed by atoms with E-state index in [0.717, 1.165) is 12.8 Å². The summed E-state index contributed by atoms with van der Waals surface area (Å²) >= 11 is 3.60. The molecule has 4 nitrogen and oxygen atoms in total. The van der Waals surface area contributed by atoms with Gasteiger partial charge in [-0.15, -0.1) is 0 Å². The van der Waals surface area contributed by atoms with E-state index in [1.165, 1.54) is 24.6 Å². The van der Waals surface area contributed by atoms with Gasteiger partial charge in [-0.3, -0.25) is 4.79 Å². The summed E-state index contributed by atoms with van der Waals surface area (Å²) in [4.78, 5) is 12.3. The van der Waals surface area contributed by atoms with Crippen LogP contribution < -0.4 is 5.32 Å². The molecule has 0 bridgehead atoms. The molecule has 1 aliphatic rings. The van der Waals surface area contributed by atoms with E-state index in [9.17, 15) is 15.0 Å². The first kappa shape index (κ1) is 13.2. The SMILES string of the molecule is O=C(NCC1CCCC1Br)c1cc(O)cc(O)c1. The first-order chi connectivity index (χ1) is 8.56. The van der Waals surface area contributed by atoms with Crippen LogP contribution in [0.4, 0.5) is 0 Å². The van der Waals surface area contributed by atoms with Crippen LogP contribution in [0.5, 0.6) is 11.5 Å². The smallest absolute Gasteiger partial charge is 0.251 e. The molecule has 0 radical (unpaired) electrons. The Kier molecular flexibility index (Phi) is 4.11. The van der Waals surface area contributed by atoms with Gasteiger partial charge in [0.15, 0.2) is 0 Å². The molecule has 1 saturated carbocycles. The second-order valence-electron chi connectivity index (χ2n) is 4.66. The van der Waals surface area contributed by atoms with Gasteiger partial charge in [0.1, 0.15) is 11.5 Å². The van der Waals surface area contributed by atoms with Crippen LogP contribution in [0.25, 0.3) is 0 Å². The Bertz CT molecular complexity index is 430. The molecule has 1 amide bonds. The summed E-state index contributed by atoms with van der Waals surface area (Å²) in [5.74, 6) is -0.0357. The number of hydrogen-bond acceptors (Lipinski definition) is 3. The molecular formula is C13H16BrNO3. The quantitative estimate of drug-likeness (QED) is 0.750. The Morgan fingerprint density at radius 2 is 1.94 bits per heavy atom. The van der Waals surface area contributed by atoms with E-state index in [1.54, 1.807) is 0 Å². The minimum atomic E-state index is -0.271. The molecule has 18 heavy (non-hydrogen) atoms. The minimum absolute atomic E-state index is 0.112. The number of benzene rings is 1. The third kappa shape index (κ3) is 3.16. The van der Waals surface area contributed by atoms with Crippen molar-refractivity contribution < 1.29 is 15.0 Å². The summed E-state index contributed by atoms with van der Waals surface area (Å²) in [6.07, 6.45) is 3.44. The van der Waals surface area contributed by atoms with Crippen LogP contribution in [0.1, 0.15) is 29.6 Å². The molecule has 1 aromatic carbocycles. The zero-order valence-corrected chi connectivity index (χ0v) is 11.5. The summed E-state index contributed by atoms with van der Waals surface area (Å²) < 4.78 is 0. The van der Waals surface area contributed by atoms with Gasteiger partial charge >= 0.3 is 0 Å². The molecule has 0 aromatic heterocycles. The Balaban J connectivity index is 1.95. The van der Waals surface area contributed by atoms with Crippen LogP contribution in [0.2, 0.25) is 0 Å². The van der Waals surface area contributed by atoms with Gasteiger partial charge in [0.05, 0.1) is 0 Å². The second-order valence-corrected chi connectivity index (χ2v) is 5.83. The third-order valence-electron chi connectivity index (χ3n) is 3.26. The highest BCUT2D eigenvalue weighted by atomic mass is 79.9. The summed E-state index contributed by atoms with van der Waals surface area (Å²) in [7, 11) is 0.